The lowest BCUT2D eigenvalue weighted by atomic mass is 10.2. The number of unbranched alkanes of at least 4 members (excludes halogenated alkanes) is 1. The number of hydrogen-bond donors (Lipinski definition) is 0. The summed E-state index contributed by atoms with van der Waals surface area (Å²) in [6, 6.07) is 9.64. The van der Waals surface area contributed by atoms with Crippen molar-refractivity contribution in [1.82, 2.24) is 20.3 Å². The smallest absolute Gasteiger partial charge is 0.278 e. The quantitative estimate of drug-likeness (QED) is 0.648. The molecule has 0 amide bonds. The normalized spacial score (nSPS) is 10.8. The molecule has 0 bridgehead atoms. The Bertz CT molecular complexity index is 801. The molecule has 7 heteroatoms. The third-order valence-corrected chi connectivity index (χ3v) is 3.89. The molecule has 0 spiro atoms. The highest BCUT2D eigenvalue weighted by atomic mass is 19.1. The van der Waals surface area contributed by atoms with Gasteiger partial charge in [-0.15, -0.1) is 10.2 Å². The first kappa shape index (κ1) is 17.0. The van der Waals surface area contributed by atoms with Gasteiger partial charge < -0.3 is 9.42 Å². The van der Waals surface area contributed by atoms with Crippen molar-refractivity contribution in [3.63, 3.8) is 0 Å². The zero-order valence-electron chi connectivity index (χ0n) is 14.3. The molecule has 0 saturated carbocycles. The van der Waals surface area contributed by atoms with Crippen molar-refractivity contribution in [2.24, 2.45) is 0 Å². The van der Waals surface area contributed by atoms with Crippen molar-refractivity contribution >= 4 is 5.82 Å². The molecule has 0 aliphatic carbocycles. The number of aromatic nitrogens is 4. The zero-order chi connectivity index (χ0) is 17.6. The van der Waals surface area contributed by atoms with Gasteiger partial charge in [0.25, 0.3) is 5.89 Å². The zero-order valence-corrected chi connectivity index (χ0v) is 14.3. The summed E-state index contributed by atoms with van der Waals surface area (Å²) in [4.78, 5) is 6.49. The molecule has 3 aromatic rings. The van der Waals surface area contributed by atoms with E-state index in [0.717, 1.165) is 31.7 Å². The van der Waals surface area contributed by atoms with Gasteiger partial charge in [-0.25, -0.2) is 4.39 Å². The largest absolute Gasteiger partial charge is 0.355 e. The van der Waals surface area contributed by atoms with E-state index in [9.17, 15) is 4.39 Å². The third kappa shape index (κ3) is 3.99. The minimum atomic E-state index is -0.308. The number of rotatable bonds is 7. The lowest BCUT2D eigenvalue weighted by Crippen LogP contribution is -2.25. The monoisotopic (exact) mass is 341 g/mol. The first-order chi connectivity index (χ1) is 12.2. The summed E-state index contributed by atoms with van der Waals surface area (Å²) in [6.07, 6.45) is 2.25. The molecule has 0 aliphatic rings. The molecule has 2 heterocycles. The Balaban J connectivity index is 1.77. The maximum atomic E-state index is 13.0. The standard InChI is InChI=1S/C18H20FN5O/c1-3-5-12-24(4-2)16-11-10-15(21-22-16)18-20-17(23-25-18)13-6-8-14(19)9-7-13/h6-11H,3-5,12H2,1-2H3. The van der Waals surface area contributed by atoms with Crippen LogP contribution in [0.3, 0.4) is 0 Å². The van der Waals surface area contributed by atoms with E-state index in [1.54, 1.807) is 12.1 Å². The fraction of sp³-hybridized carbons (Fsp3) is 0.333. The van der Waals surface area contributed by atoms with Crippen LogP contribution in [0.2, 0.25) is 0 Å². The number of hydrogen-bond acceptors (Lipinski definition) is 6. The van der Waals surface area contributed by atoms with Crippen LogP contribution in [0.25, 0.3) is 23.0 Å². The Hall–Kier alpha value is -2.83. The fourth-order valence-corrected chi connectivity index (χ4v) is 2.44. The van der Waals surface area contributed by atoms with Crippen molar-refractivity contribution in [2.75, 3.05) is 18.0 Å². The molecule has 0 saturated heterocycles. The molecular formula is C18H20FN5O. The van der Waals surface area contributed by atoms with Gasteiger partial charge >= 0.3 is 0 Å². The summed E-state index contributed by atoms with van der Waals surface area (Å²) < 4.78 is 18.3. The minimum absolute atomic E-state index is 0.287. The van der Waals surface area contributed by atoms with E-state index in [0.29, 0.717) is 17.1 Å². The highest BCUT2D eigenvalue weighted by Gasteiger charge is 2.13. The average Bonchev–Trinajstić information content (AvgIpc) is 3.13. The van der Waals surface area contributed by atoms with Crippen LogP contribution in [0.4, 0.5) is 10.2 Å². The van der Waals surface area contributed by atoms with Gasteiger partial charge in [0.05, 0.1) is 0 Å². The van der Waals surface area contributed by atoms with E-state index >= 15 is 0 Å². The van der Waals surface area contributed by atoms with E-state index < -0.39 is 0 Å². The first-order valence-corrected chi connectivity index (χ1v) is 8.40. The maximum Gasteiger partial charge on any atom is 0.278 e. The topological polar surface area (TPSA) is 67.9 Å². The van der Waals surface area contributed by atoms with E-state index in [1.165, 1.54) is 12.1 Å². The molecule has 0 N–H and O–H groups in total. The molecule has 0 atom stereocenters. The summed E-state index contributed by atoms with van der Waals surface area (Å²) in [6.45, 7) is 6.09. The van der Waals surface area contributed by atoms with E-state index in [-0.39, 0.29) is 11.7 Å². The van der Waals surface area contributed by atoms with Crippen molar-refractivity contribution < 1.29 is 8.91 Å². The summed E-state index contributed by atoms with van der Waals surface area (Å²) in [5.41, 5.74) is 1.19. The van der Waals surface area contributed by atoms with E-state index in [1.807, 2.05) is 12.1 Å². The third-order valence-electron chi connectivity index (χ3n) is 3.89. The van der Waals surface area contributed by atoms with Crippen LogP contribution in [-0.2, 0) is 0 Å². The highest BCUT2D eigenvalue weighted by molar-refractivity contribution is 5.58. The second kappa shape index (κ2) is 7.83. The molecule has 0 radical (unpaired) electrons. The molecule has 25 heavy (non-hydrogen) atoms. The van der Waals surface area contributed by atoms with Gasteiger partial charge in [-0.1, -0.05) is 18.5 Å². The average molecular weight is 341 g/mol. The van der Waals surface area contributed by atoms with Gasteiger partial charge in [-0.3, -0.25) is 0 Å². The van der Waals surface area contributed by atoms with Crippen molar-refractivity contribution in [3.05, 3.63) is 42.2 Å². The minimum Gasteiger partial charge on any atom is -0.355 e. The molecule has 0 aliphatic heterocycles. The number of benzene rings is 1. The van der Waals surface area contributed by atoms with Gasteiger partial charge in [-0.2, -0.15) is 4.98 Å². The van der Waals surface area contributed by atoms with Gasteiger partial charge in [-0.05, 0) is 49.7 Å². The van der Waals surface area contributed by atoms with Gasteiger partial charge in [0.2, 0.25) is 5.82 Å². The molecular weight excluding hydrogens is 321 g/mol. The fourth-order valence-electron chi connectivity index (χ4n) is 2.44. The summed E-state index contributed by atoms with van der Waals surface area (Å²) in [5.74, 6) is 1.20. The van der Waals surface area contributed by atoms with Crippen LogP contribution in [0, 0.1) is 5.82 Å². The van der Waals surface area contributed by atoms with Crippen molar-refractivity contribution in [3.8, 4) is 23.0 Å². The molecule has 6 nitrogen and oxygen atoms in total. The van der Waals surface area contributed by atoms with Gasteiger partial charge in [0.1, 0.15) is 5.82 Å². The number of anilines is 1. The number of halogens is 1. The Kier molecular flexibility index (Phi) is 5.33. The second-order valence-corrected chi connectivity index (χ2v) is 5.64. The molecule has 2 aromatic heterocycles. The molecule has 0 unspecified atom stereocenters. The Morgan fingerprint density at radius 1 is 1.04 bits per heavy atom. The van der Waals surface area contributed by atoms with Crippen LogP contribution in [0.5, 0.6) is 0 Å². The lowest BCUT2D eigenvalue weighted by Gasteiger charge is -2.20. The van der Waals surface area contributed by atoms with Crippen LogP contribution in [-0.4, -0.2) is 33.4 Å². The van der Waals surface area contributed by atoms with Gasteiger partial charge in [0, 0.05) is 18.7 Å². The van der Waals surface area contributed by atoms with Gasteiger partial charge in [0.15, 0.2) is 11.5 Å². The lowest BCUT2D eigenvalue weighted by molar-refractivity contribution is 0.430. The Morgan fingerprint density at radius 3 is 2.48 bits per heavy atom. The summed E-state index contributed by atoms with van der Waals surface area (Å²) in [5, 5.41) is 12.4. The second-order valence-electron chi connectivity index (χ2n) is 5.64. The molecule has 3 rings (SSSR count). The molecule has 1 aromatic carbocycles. The first-order valence-electron chi connectivity index (χ1n) is 8.40. The Morgan fingerprint density at radius 2 is 1.84 bits per heavy atom. The van der Waals surface area contributed by atoms with Crippen molar-refractivity contribution in [2.45, 2.75) is 26.7 Å². The van der Waals surface area contributed by atoms with Crippen LogP contribution in [0.1, 0.15) is 26.7 Å². The SMILES string of the molecule is CCCCN(CC)c1ccc(-c2nc(-c3ccc(F)cc3)no2)nn1. The number of nitrogens with zero attached hydrogens (tertiary/aromatic N) is 5. The molecule has 130 valence electrons. The van der Waals surface area contributed by atoms with E-state index in [2.05, 4.69) is 39.1 Å². The van der Waals surface area contributed by atoms with Crippen LogP contribution >= 0.6 is 0 Å². The predicted molar refractivity (Wildman–Crippen MR) is 93.5 cm³/mol. The molecule has 0 fully saturated rings. The summed E-state index contributed by atoms with van der Waals surface area (Å²) >= 11 is 0. The van der Waals surface area contributed by atoms with Crippen molar-refractivity contribution in [1.29, 1.82) is 0 Å². The summed E-state index contributed by atoms with van der Waals surface area (Å²) in [7, 11) is 0. The van der Waals surface area contributed by atoms with Crippen LogP contribution in [0.15, 0.2) is 40.9 Å². The maximum absolute atomic E-state index is 13.0. The van der Waals surface area contributed by atoms with E-state index in [4.69, 9.17) is 4.52 Å². The highest BCUT2D eigenvalue weighted by Crippen LogP contribution is 2.22. The predicted octanol–water partition coefficient (Wildman–Crippen LogP) is 3.96. The van der Waals surface area contributed by atoms with Crippen LogP contribution < -0.4 is 4.90 Å². The Labute approximate surface area is 145 Å².